The summed E-state index contributed by atoms with van der Waals surface area (Å²) in [4.78, 5) is 30.0. The second-order valence-electron chi connectivity index (χ2n) is 18.4. The van der Waals surface area contributed by atoms with Crippen LogP contribution in [0.3, 0.4) is 0 Å². The number of benzene rings is 2. The van der Waals surface area contributed by atoms with Gasteiger partial charge in [0.05, 0.1) is 46.5 Å². The summed E-state index contributed by atoms with van der Waals surface area (Å²) in [6.45, 7) is 6.70. The highest BCUT2D eigenvalue weighted by molar-refractivity contribution is 14.1. The molecule has 10 rings (SSSR count). The highest BCUT2D eigenvalue weighted by Gasteiger charge is 2.40. The first kappa shape index (κ1) is 53.6. The molecular weight excluding hydrogens is 1080 g/mol. The number of hydrogen-bond acceptors (Lipinski definition) is 8. The monoisotopic (exact) mass is 1140 g/mol. The number of anilines is 2. The fourth-order valence-corrected chi connectivity index (χ4v) is 10.3. The van der Waals surface area contributed by atoms with Gasteiger partial charge in [-0.3, -0.25) is 19.0 Å². The van der Waals surface area contributed by atoms with Crippen molar-refractivity contribution in [3.05, 3.63) is 119 Å². The first-order chi connectivity index (χ1) is 34.9. The first-order valence-corrected chi connectivity index (χ1v) is 25.7. The Morgan fingerprint density at radius 3 is 1.60 bits per heavy atom. The number of carbonyl (C=O) groups excluding carboxylic acids is 2. The summed E-state index contributed by atoms with van der Waals surface area (Å²) in [7, 11) is 0. The molecule has 23 heteroatoms. The number of fused-ring (bicyclic) bond motifs is 2. The van der Waals surface area contributed by atoms with Gasteiger partial charge in [-0.25, -0.2) is 18.1 Å². The number of aryl methyl sites for hydroxylation is 2. The molecule has 0 bridgehead atoms. The third-order valence-corrected chi connectivity index (χ3v) is 14.6. The zero-order valence-corrected chi connectivity index (χ0v) is 42.3. The van der Waals surface area contributed by atoms with Gasteiger partial charge in [0.2, 0.25) is 5.91 Å². The lowest BCUT2D eigenvalue weighted by atomic mass is 9.91. The Labute approximate surface area is 429 Å². The van der Waals surface area contributed by atoms with E-state index in [0.717, 1.165) is 60.2 Å². The fraction of sp³-hybridized carbons (Fsp3) is 0.480. The molecule has 2 saturated heterocycles. The number of halogens is 9. The highest BCUT2D eigenvalue weighted by atomic mass is 127. The number of hydrogen-bond donors (Lipinski definition) is 0. The minimum Gasteiger partial charge on any atom is -0.381 e. The zero-order chi connectivity index (χ0) is 52.0. The van der Waals surface area contributed by atoms with Crippen molar-refractivity contribution in [2.75, 3.05) is 53.7 Å². The molecule has 73 heavy (non-hydrogen) atoms. The summed E-state index contributed by atoms with van der Waals surface area (Å²) in [6.07, 6.45) is 1.09. The van der Waals surface area contributed by atoms with Crippen LogP contribution in [-0.2, 0) is 50.8 Å². The maximum Gasteiger partial charge on any atom is 0.435 e. The molecule has 4 aliphatic heterocycles. The van der Waals surface area contributed by atoms with Crippen molar-refractivity contribution in [2.24, 2.45) is 11.8 Å². The van der Waals surface area contributed by atoms with Crippen molar-refractivity contribution in [3.8, 4) is 11.4 Å². The van der Waals surface area contributed by atoms with Gasteiger partial charge in [0, 0.05) is 55.3 Å². The van der Waals surface area contributed by atoms with E-state index in [4.69, 9.17) is 9.47 Å². The van der Waals surface area contributed by atoms with E-state index in [1.165, 1.54) is 58.0 Å². The summed E-state index contributed by atoms with van der Waals surface area (Å²) in [6, 6.07) is 12.8. The average Bonchev–Trinajstić information content (AvgIpc) is 4.20. The number of alkyl halides is 7. The summed E-state index contributed by atoms with van der Waals surface area (Å²) >= 11 is 2.45. The van der Waals surface area contributed by atoms with Crippen molar-refractivity contribution >= 4 is 45.8 Å². The minimum atomic E-state index is -4.60. The number of amides is 2. The van der Waals surface area contributed by atoms with Crippen molar-refractivity contribution in [2.45, 2.75) is 96.6 Å². The van der Waals surface area contributed by atoms with Gasteiger partial charge in [-0.1, -0.05) is 22.6 Å². The van der Waals surface area contributed by atoms with Crippen LogP contribution in [0.2, 0.25) is 0 Å². The van der Waals surface area contributed by atoms with E-state index < -0.39 is 29.8 Å². The van der Waals surface area contributed by atoms with Crippen LogP contribution < -0.4 is 9.80 Å². The number of rotatable bonds is 9. The maximum atomic E-state index is 14.0. The van der Waals surface area contributed by atoms with E-state index in [-0.39, 0.29) is 47.3 Å². The number of aromatic nitrogens is 8. The largest absolute Gasteiger partial charge is 0.435 e. The SMILES string of the molecule is Cc1cc(C(F)(F)F)nn1C(CC1CCOCC1)C(=O)N1CCCc2c1cnn2-c1ccc(F)cc1.Cc1cc(C(F)(F)F)nn1CC(=O)N1CCCc2c1cnn2-c1ccc(F)cc1.ICC1CCOCC1. The smallest absolute Gasteiger partial charge is 0.381 e. The number of nitrogens with zero attached hydrogens (tertiary/aromatic N) is 10. The minimum absolute atomic E-state index is 0.136. The molecule has 0 spiro atoms. The summed E-state index contributed by atoms with van der Waals surface area (Å²) in [5, 5.41) is 16.1. The molecule has 0 radical (unpaired) electrons. The van der Waals surface area contributed by atoms with Gasteiger partial charge in [0.15, 0.2) is 11.4 Å². The van der Waals surface area contributed by atoms with Gasteiger partial charge in [-0.2, -0.15) is 46.7 Å². The van der Waals surface area contributed by atoms with Gasteiger partial charge in [-0.15, -0.1) is 0 Å². The molecule has 0 aliphatic carbocycles. The second-order valence-corrected chi connectivity index (χ2v) is 19.3. The predicted molar refractivity (Wildman–Crippen MR) is 262 cm³/mol. The number of ether oxygens (including phenoxy) is 2. The molecule has 2 amide bonds. The zero-order valence-electron chi connectivity index (χ0n) is 40.2. The van der Waals surface area contributed by atoms with E-state index in [1.54, 1.807) is 57.8 Å². The molecule has 4 aliphatic rings. The Morgan fingerprint density at radius 1 is 0.671 bits per heavy atom. The highest BCUT2D eigenvalue weighted by Crippen LogP contribution is 2.37. The Bertz CT molecular complexity index is 2810. The average molecular weight is 1140 g/mol. The summed E-state index contributed by atoms with van der Waals surface area (Å²) < 4.78 is 123. The molecule has 1 atom stereocenters. The lowest BCUT2D eigenvalue weighted by Gasteiger charge is -2.33. The van der Waals surface area contributed by atoms with Crippen molar-refractivity contribution in [3.63, 3.8) is 0 Å². The molecule has 8 heterocycles. The van der Waals surface area contributed by atoms with Crippen molar-refractivity contribution in [1.82, 2.24) is 39.1 Å². The molecule has 14 nitrogen and oxygen atoms in total. The second kappa shape index (κ2) is 23.2. The van der Waals surface area contributed by atoms with Crippen LogP contribution in [-0.4, -0.2) is 94.9 Å². The normalized spacial score (nSPS) is 17.0. The van der Waals surface area contributed by atoms with E-state index in [9.17, 15) is 44.7 Å². The van der Waals surface area contributed by atoms with E-state index in [2.05, 4.69) is 43.0 Å². The van der Waals surface area contributed by atoms with E-state index >= 15 is 0 Å². The van der Waals surface area contributed by atoms with Crippen LogP contribution >= 0.6 is 22.6 Å². The fourth-order valence-electron chi connectivity index (χ4n) is 9.44. The van der Waals surface area contributed by atoms with Crippen LogP contribution in [0, 0.1) is 37.3 Å². The Balaban J connectivity index is 0.000000172. The lowest BCUT2D eigenvalue weighted by molar-refractivity contribution is -0.142. The van der Waals surface area contributed by atoms with Crippen LogP contribution in [0.15, 0.2) is 73.1 Å². The van der Waals surface area contributed by atoms with Gasteiger partial charge in [0.1, 0.15) is 24.2 Å². The molecule has 0 N–H and O–H groups in total. The molecule has 1 unspecified atom stereocenters. The molecule has 6 aromatic rings. The third-order valence-electron chi connectivity index (χ3n) is 13.4. The number of carbonyl (C=O) groups is 2. The van der Waals surface area contributed by atoms with E-state index in [1.807, 2.05) is 0 Å². The quantitative estimate of drug-likeness (QED) is 0.0795. The molecular formula is C50H55F8IN10O4. The van der Waals surface area contributed by atoms with Crippen LogP contribution in [0.25, 0.3) is 11.4 Å². The third kappa shape index (κ3) is 12.8. The molecule has 392 valence electrons. The Morgan fingerprint density at radius 2 is 1.14 bits per heavy atom. The van der Waals surface area contributed by atoms with Gasteiger partial charge < -0.3 is 19.3 Å². The lowest BCUT2D eigenvalue weighted by Crippen LogP contribution is -2.42. The molecule has 2 fully saturated rings. The first-order valence-electron chi connectivity index (χ1n) is 24.1. The maximum absolute atomic E-state index is 14.0. The van der Waals surface area contributed by atoms with Crippen molar-refractivity contribution < 1.29 is 54.2 Å². The van der Waals surface area contributed by atoms with Crippen LogP contribution in [0.5, 0.6) is 0 Å². The standard InChI is InChI=1S/C25H27F4N5O2.C19H17F4N5O.C6H11IO/c1-16-13-23(25(27,28)29)31-33(16)21(14-17-8-11-36-12-9-17)24(35)32-10-2-3-20-22(32)15-30-34(20)19-6-4-18(26)5-7-19;1-12-9-17(19(21,22)23)25-27(12)11-18(29)26-8-2-3-15-16(26)10-24-28(15)14-6-4-13(20)5-7-14;7-5-6-1-3-8-4-2-6/h4-7,13,15,17,21H,2-3,8-12,14H2,1H3;4-7,9-10H,2-3,8,11H2,1H3;6H,1-5H2. The predicted octanol–water partition coefficient (Wildman–Crippen LogP) is 10.2. The van der Waals surface area contributed by atoms with Crippen LogP contribution in [0.4, 0.5) is 46.5 Å². The van der Waals surface area contributed by atoms with Gasteiger partial charge in [0.25, 0.3) is 5.91 Å². The van der Waals surface area contributed by atoms with Gasteiger partial charge >= 0.3 is 12.4 Å². The van der Waals surface area contributed by atoms with Crippen LogP contribution in [0.1, 0.15) is 85.2 Å². The van der Waals surface area contributed by atoms with Crippen molar-refractivity contribution in [1.29, 1.82) is 0 Å². The Hall–Kier alpha value is -5.69. The molecule has 2 aromatic carbocycles. The summed E-state index contributed by atoms with van der Waals surface area (Å²) in [5.74, 6) is -0.313. The molecule has 4 aromatic heterocycles. The Kier molecular flexibility index (Phi) is 17.1. The van der Waals surface area contributed by atoms with Gasteiger partial charge in [-0.05, 0) is 144 Å². The topological polar surface area (TPSA) is 130 Å². The van der Waals surface area contributed by atoms with E-state index in [0.29, 0.717) is 81.2 Å². The summed E-state index contributed by atoms with van der Waals surface area (Å²) in [5.41, 5.74) is 2.67. The molecule has 0 saturated carbocycles.